The molecule has 15 heavy (non-hydrogen) atoms. The lowest BCUT2D eigenvalue weighted by Crippen LogP contribution is -2.05. The quantitative estimate of drug-likeness (QED) is 0.357. The van der Waals surface area contributed by atoms with Crippen LogP contribution in [0.4, 0.5) is 5.69 Å². The van der Waals surface area contributed by atoms with E-state index >= 15 is 0 Å². The average Bonchev–Trinajstić information content (AvgIpc) is 2.20. The van der Waals surface area contributed by atoms with E-state index in [0.29, 0.717) is 17.5 Å². The second kappa shape index (κ2) is 6.61. The summed E-state index contributed by atoms with van der Waals surface area (Å²) < 4.78 is 5.81. The molecule has 1 rings (SSSR count). The molecule has 1 aromatic carbocycles. The maximum Gasteiger partial charge on any atom is 0.135 e. The second-order valence-corrected chi connectivity index (χ2v) is 4.05. The van der Waals surface area contributed by atoms with E-state index in [2.05, 4.69) is 24.5 Å². The fourth-order valence-electron chi connectivity index (χ4n) is 1.14. The molecule has 0 aliphatic rings. The van der Waals surface area contributed by atoms with Crippen LogP contribution in [0.15, 0.2) is 36.9 Å². The Bertz CT molecular complexity index is 352. The van der Waals surface area contributed by atoms with Crippen LogP contribution in [0.2, 0.25) is 0 Å². The van der Waals surface area contributed by atoms with Gasteiger partial charge in [-0.2, -0.15) is 0 Å². The van der Waals surface area contributed by atoms with Crippen molar-refractivity contribution in [3.8, 4) is 0 Å². The number of anilines is 1. The smallest absolute Gasteiger partial charge is 0.135 e. The van der Waals surface area contributed by atoms with Crippen molar-refractivity contribution in [2.75, 3.05) is 11.9 Å². The third-order valence-corrected chi connectivity index (χ3v) is 1.97. The normalized spacial score (nSPS) is 9.67. The van der Waals surface area contributed by atoms with Crippen LogP contribution in [-0.2, 0) is 11.3 Å². The molecule has 80 valence electrons. The Labute approximate surface area is 101 Å². The highest BCUT2D eigenvalue weighted by atomic mass is 32.1. The third kappa shape index (κ3) is 4.46. The van der Waals surface area contributed by atoms with E-state index in [4.69, 9.17) is 17.0 Å². The van der Waals surface area contributed by atoms with E-state index in [1.54, 1.807) is 6.08 Å². The van der Waals surface area contributed by atoms with Gasteiger partial charge in [0, 0.05) is 11.3 Å². The number of nitrogens with one attached hydrogen (secondary N) is 1. The zero-order valence-corrected chi connectivity index (χ0v) is 9.98. The average molecular weight is 239 g/mol. The fourth-order valence-corrected chi connectivity index (χ4v) is 1.37. The number of thiol groups is 1. The van der Waals surface area contributed by atoms with Crippen LogP contribution in [0.1, 0.15) is 5.56 Å². The van der Waals surface area contributed by atoms with Crippen molar-refractivity contribution in [1.82, 2.24) is 0 Å². The minimum Gasteiger partial charge on any atom is -0.373 e. The van der Waals surface area contributed by atoms with E-state index in [9.17, 15) is 0 Å². The molecule has 0 aromatic heterocycles. The zero-order chi connectivity index (χ0) is 11.1. The molecular weight excluding hydrogens is 226 g/mol. The minimum absolute atomic E-state index is 0.450. The number of benzene rings is 1. The lowest BCUT2D eigenvalue weighted by Gasteiger charge is -2.10. The van der Waals surface area contributed by atoms with Crippen molar-refractivity contribution >= 4 is 34.9 Å². The van der Waals surface area contributed by atoms with Crippen molar-refractivity contribution in [1.29, 1.82) is 0 Å². The van der Waals surface area contributed by atoms with E-state index < -0.39 is 0 Å². The number of para-hydroxylation sites is 1. The topological polar surface area (TPSA) is 21.3 Å². The van der Waals surface area contributed by atoms with Crippen LogP contribution in [0, 0.1) is 0 Å². The Morgan fingerprint density at radius 2 is 2.27 bits per heavy atom. The van der Waals surface area contributed by atoms with Crippen molar-refractivity contribution in [3.63, 3.8) is 0 Å². The molecule has 1 aromatic rings. The monoisotopic (exact) mass is 239 g/mol. The highest BCUT2D eigenvalue weighted by Gasteiger charge is 2.01. The summed E-state index contributed by atoms with van der Waals surface area (Å²) in [7, 11) is 0. The van der Waals surface area contributed by atoms with Gasteiger partial charge in [-0.3, -0.25) is 0 Å². The van der Waals surface area contributed by atoms with Crippen LogP contribution < -0.4 is 5.32 Å². The van der Waals surface area contributed by atoms with Crippen molar-refractivity contribution in [2.24, 2.45) is 0 Å². The molecule has 0 fully saturated rings. The molecule has 0 aliphatic heterocycles. The second-order valence-electron chi connectivity index (χ2n) is 2.89. The van der Waals surface area contributed by atoms with Gasteiger partial charge in [0.15, 0.2) is 0 Å². The molecule has 0 aliphatic carbocycles. The first-order chi connectivity index (χ1) is 7.24. The van der Waals surface area contributed by atoms with Gasteiger partial charge in [0.25, 0.3) is 0 Å². The molecule has 0 atom stereocenters. The lowest BCUT2D eigenvalue weighted by molar-refractivity contribution is 0.149. The highest BCUT2D eigenvalue weighted by Crippen LogP contribution is 2.16. The molecule has 0 radical (unpaired) electrons. The summed E-state index contributed by atoms with van der Waals surface area (Å²) in [6.07, 6.45) is 1.72. The van der Waals surface area contributed by atoms with Crippen LogP contribution >= 0.6 is 24.8 Å². The summed E-state index contributed by atoms with van der Waals surface area (Å²) in [6.45, 7) is 4.66. The Hall–Kier alpha value is -0.840. The molecule has 0 amide bonds. The summed E-state index contributed by atoms with van der Waals surface area (Å²) in [4.78, 5) is 0. The first-order valence-electron chi connectivity index (χ1n) is 4.50. The van der Waals surface area contributed by atoms with Crippen LogP contribution in [0.25, 0.3) is 0 Å². The lowest BCUT2D eigenvalue weighted by atomic mass is 10.2. The minimum atomic E-state index is 0.450. The highest BCUT2D eigenvalue weighted by molar-refractivity contribution is 8.11. The predicted molar refractivity (Wildman–Crippen MR) is 71.5 cm³/mol. The van der Waals surface area contributed by atoms with Crippen LogP contribution in [-0.4, -0.2) is 10.9 Å². The van der Waals surface area contributed by atoms with E-state index in [0.717, 1.165) is 11.3 Å². The molecule has 0 heterocycles. The van der Waals surface area contributed by atoms with E-state index in [1.807, 2.05) is 24.3 Å². The first kappa shape index (κ1) is 12.2. The molecule has 4 heteroatoms. The van der Waals surface area contributed by atoms with Gasteiger partial charge in [-0.15, -0.1) is 19.2 Å². The predicted octanol–water partition coefficient (Wildman–Crippen LogP) is 3.02. The van der Waals surface area contributed by atoms with Gasteiger partial charge in [0.05, 0.1) is 13.2 Å². The molecule has 0 bridgehead atoms. The summed E-state index contributed by atoms with van der Waals surface area (Å²) in [6, 6.07) is 7.82. The van der Waals surface area contributed by atoms with Gasteiger partial charge in [0.2, 0.25) is 0 Å². The van der Waals surface area contributed by atoms with Crippen molar-refractivity contribution in [2.45, 2.75) is 6.61 Å². The van der Waals surface area contributed by atoms with Gasteiger partial charge in [0.1, 0.15) is 4.32 Å². The van der Waals surface area contributed by atoms with Crippen molar-refractivity contribution < 1.29 is 4.74 Å². The largest absolute Gasteiger partial charge is 0.373 e. The maximum absolute atomic E-state index is 5.36. The van der Waals surface area contributed by atoms with Gasteiger partial charge in [-0.1, -0.05) is 36.5 Å². The van der Waals surface area contributed by atoms with E-state index in [1.165, 1.54) is 0 Å². The number of hydrogen-bond acceptors (Lipinski definition) is 2. The number of ether oxygens (including phenoxy) is 1. The number of thiocarbonyl (C=S) groups is 1. The van der Waals surface area contributed by atoms with Crippen LogP contribution in [0.3, 0.4) is 0 Å². The third-order valence-electron chi connectivity index (χ3n) is 1.75. The van der Waals surface area contributed by atoms with E-state index in [-0.39, 0.29) is 0 Å². The standard InChI is InChI=1S/C11H13NOS2/c1-2-7-13-8-9-5-3-4-6-10(9)12-11(14)15/h2-6H,1,7-8H2,(H2,12,14,15). The Kier molecular flexibility index (Phi) is 5.39. The molecule has 0 unspecified atom stereocenters. The van der Waals surface area contributed by atoms with Crippen molar-refractivity contribution in [3.05, 3.63) is 42.5 Å². The maximum atomic E-state index is 5.36. The summed E-state index contributed by atoms with van der Waals surface area (Å²) in [5.41, 5.74) is 1.98. The summed E-state index contributed by atoms with van der Waals surface area (Å²) >= 11 is 8.90. The summed E-state index contributed by atoms with van der Waals surface area (Å²) in [5, 5.41) is 2.99. The van der Waals surface area contributed by atoms with Gasteiger partial charge >= 0.3 is 0 Å². The Morgan fingerprint density at radius 3 is 2.93 bits per heavy atom. The fraction of sp³-hybridized carbons (Fsp3) is 0.182. The Balaban J connectivity index is 2.67. The number of hydrogen-bond donors (Lipinski definition) is 2. The molecule has 0 saturated heterocycles. The van der Waals surface area contributed by atoms with Gasteiger partial charge in [-0.25, -0.2) is 0 Å². The molecule has 2 nitrogen and oxygen atoms in total. The molecule has 0 spiro atoms. The summed E-state index contributed by atoms with van der Waals surface area (Å²) in [5.74, 6) is 0. The van der Waals surface area contributed by atoms with Crippen LogP contribution in [0.5, 0.6) is 0 Å². The van der Waals surface area contributed by atoms with Gasteiger partial charge in [-0.05, 0) is 6.07 Å². The number of rotatable bonds is 5. The zero-order valence-electron chi connectivity index (χ0n) is 8.27. The SMILES string of the molecule is C=CCOCc1ccccc1NC(=S)S. The molecule has 1 N–H and O–H groups in total. The Morgan fingerprint density at radius 1 is 1.53 bits per heavy atom. The van der Waals surface area contributed by atoms with Gasteiger partial charge < -0.3 is 10.1 Å². The molecule has 0 saturated carbocycles. The molecular formula is C11H13NOS2. The first-order valence-corrected chi connectivity index (χ1v) is 5.36.